The van der Waals surface area contributed by atoms with Gasteiger partial charge >= 0.3 is 6.09 Å². The van der Waals surface area contributed by atoms with Crippen LogP contribution in [0.4, 0.5) is 16.2 Å². The number of nitrogen functional groups attached to an aromatic ring is 1. The topological polar surface area (TPSA) is 64.3 Å². The Kier molecular flexibility index (Phi) is 1.40. The standard InChI is InChI=1S/C8H8N2O2/c9-6-2-1-5-4-12-8(11)10-7(5)3-6/h1-3H,4,9H2,(H,10,11). The number of cyclic esters (lactones) is 1. The molecule has 4 heteroatoms. The summed E-state index contributed by atoms with van der Waals surface area (Å²) in [5.74, 6) is 0. The summed E-state index contributed by atoms with van der Waals surface area (Å²) < 4.78 is 4.75. The molecule has 0 saturated carbocycles. The highest BCUT2D eigenvalue weighted by Gasteiger charge is 2.14. The summed E-state index contributed by atoms with van der Waals surface area (Å²) in [5.41, 5.74) is 7.86. The van der Waals surface area contributed by atoms with Gasteiger partial charge in [0.2, 0.25) is 0 Å². The Morgan fingerprint density at radius 3 is 3.17 bits per heavy atom. The zero-order valence-electron chi connectivity index (χ0n) is 6.33. The number of benzene rings is 1. The molecule has 1 aromatic carbocycles. The Hall–Kier alpha value is -1.71. The quantitative estimate of drug-likeness (QED) is 0.568. The van der Waals surface area contributed by atoms with Crippen LogP contribution in [0.3, 0.4) is 0 Å². The molecule has 0 saturated heterocycles. The minimum absolute atomic E-state index is 0.321. The second kappa shape index (κ2) is 2.41. The molecule has 1 aromatic rings. The Bertz CT molecular complexity index is 336. The highest BCUT2D eigenvalue weighted by molar-refractivity contribution is 5.88. The van der Waals surface area contributed by atoms with Crippen LogP contribution < -0.4 is 11.1 Å². The van der Waals surface area contributed by atoms with Crippen molar-refractivity contribution in [2.75, 3.05) is 11.1 Å². The third-order valence-electron chi connectivity index (χ3n) is 1.73. The van der Waals surface area contributed by atoms with E-state index in [0.29, 0.717) is 12.3 Å². The summed E-state index contributed by atoms with van der Waals surface area (Å²) in [7, 11) is 0. The van der Waals surface area contributed by atoms with Crippen LogP contribution in [0, 0.1) is 0 Å². The molecule has 2 rings (SSSR count). The molecule has 0 radical (unpaired) electrons. The number of hydrogen-bond donors (Lipinski definition) is 2. The average Bonchev–Trinajstić information content (AvgIpc) is 2.03. The first-order valence-electron chi connectivity index (χ1n) is 3.58. The van der Waals surface area contributed by atoms with Crippen molar-refractivity contribution in [1.29, 1.82) is 0 Å². The van der Waals surface area contributed by atoms with E-state index < -0.39 is 6.09 Å². The first-order valence-corrected chi connectivity index (χ1v) is 3.58. The minimum atomic E-state index is -0.423. The number of nitrogens with one attached hydrogen (secondary N) is 1. The second-order valence-electron chi connectivity index (χ2n) is 2.62. The number of carbonyl (C=O) groups is 1. The van der Waals surface area contributed by atoms with Crippen LogP contribution in [0.1, 0.15) is 5.56 Å². The van der Waals surface area contributed by atoms with Crippen molar-refractivity contribution in [3.63, 3.8) is 0 Å². The van der Waals surface area contributed by atoms with Crippen molar-refractivity contribution in [2.24, 2.45) is 0 Å². The Balaban J connectivity index is 2.44. The number of fused-ring (bicyclic) bond motifs is 1. The molecule has 1 aliphatic rings. The molecule has 1 aliphatic heterocycles. The fourth-order valence-corrected chi connectivity index (χ4v) is 1.13. The molecular formula is C8H8N2O2. The maximum Gasteiger partial charge on any atom is 0.411 e. The molecule has 12 heavy (non-hydrogen) atoms. The number of nitrogens with two attached hydrogens (primary N) is 1. The maximum atomic E-state index is 10.8. The van der Waals surface area contributed by atoms with Crippen LogP contribution in [0.15, 0.2) is 18.2 Å². The Labute approximate surface area is 69.3 Å². The van der Waals surface area contributed by atoms with Crippen molar-refractivity contribution in [3.8, 4) is 0 Å². The number of amides is 1. The van der Waals surface area contributed by atoms with E-state index in [1.165, 1.54) is 0 Å². The summed E-state index contributed by atoms with van der Waals surface area (Å²) in [5, 5.41) is 2.56. The number of ether oxygens (including phenoxy) is 1. The molecule has 0 fully saturated rings. The first kappa shape index (κ1) is 6.97. The maximum absolute atomic E-state index is 10.8. The smallest absolute Gasteiger partial charge is 0.411 e. The van der Waals surface area contributed by atoms with E-state index in [-0.39, 0.29) is 0 Å². The fraction of sp³-hybridized carbons (Fsp3) is 0.125. The third-order valence-corrected chi connectivity index (χ3v) is 1.73. The van der Waals surface area contributed by atoms with Crippen LogP contribution in [-0.2, 0) is 11.3 Å². The van der Waals surface area contributed by atoms with Crippen molar-refractivity contribution >= 4 is 17.5 Å². The van der Waals surface area contributed by atoms with E-state index >= 15 is 0 Å². The molecule has 0 aromatic heterocycles. The van der Waals surface area contributed by atoms with Crippen molar-refractivity contribution in [3.05, 3.63) is 23.8 Å². The van der Waals surface area contributed by atoms with Crippen molar-refractivity contribution in [1.82, 2.24) is 0 Å². The Morgan fingerprint density at radius 1 is 1.50 bits per heavy atom. The summed E-state index contributed by atoms with van der Waals surface area (Å²) in [6.07, 6.45) is -0.423. The van der Waals surface area contributed by atoms with Gasteiger partial charge in [-0.15, -0.1) is 0 Å². The lowest BCUT2D eigenvalue weighted by molar-refractivity contribution is 0.151. The molecule has 1 heterocycles. The van der Waals surface area contributed by atoms with E-state index in [0.717, 1.165) is 11.3 Å². The van der Waals surface area contributed by atoms with Crippen LogP contribution >= 0.6 is 0 Å². The van der Waals surface area contributed by atoms with Crippen LogP contribution in [0.2, 0.25) is 0 Å². The van der Waals surface area contributed by atoms with E-state index in [2.05, 4.69) is 5.32 Å². The van der Waals surface area contributed by atoms with Gasteiger partial charge in [-0.2, -0.15) is 0 Å². The van der Waals surface area contributed by atoms with E-state index in [1.807, 2.05) is 6.07 Å². The SMILES string of the molecule is Nc1ccc2c(c1)NC(=O)OC2. The summed E-state index contributed by atoms with van der Waals surface area (Å²) in [4.78, 5) is 10.8. The predicted octanol–water partition coefficient (Wildman–Crippen LogP) is 1.33. The summed E-state index contributed by atoms with van der Waals surface area (Å²) >= 11 is 0. The summed E-state index contributed by atoms with van der Waals surface area (Å²) in [6, 6.07) is 5.33. The largest absolute Gasteiger partial charge is 0.444 e. The van der Waals surface area contributed by atoms with Gasteiger partial charge < -0.3 is 10.5 Å². The molecule has 1 amide bonds. The van der Waals surface area contributed by atoms with Crippen LogP contribution in [-0.4, -0.2) is 6.09 Å². The van der Waals surface area contributed by atoms with Crippen LogP contribution in [0.25, 0.3) is 0 Å². The Morgan fingerprint density at radius 2 is 2.33 bits per heavy atom. The molecule has 0 spiro atoms. The lowest BCUT2D eigenvalue weighted by Crippen LogP contribution is -2.20. The highest BCUT2D eigenvalue weighted by atomic mass is 16.5. The third kappa shape index (κ3) is 1.07. The molecule has 0 atom stereocenters. The van der Waals surface area contributed by atoms with Crippen molar-refractivity contribution < 1.29 is 9.53 Å². The minimum Gasteiger partial charge on any atom is -0.444 e. The van der Waals surface area contributed by atoms with E-state index in [9.17, 15) is 4.79 Å². The van der Waals surface area contributed by atoms with Crippen LogP contribution in [0.5, 0.6) is 0 Å². The van der Waals surface area contributed by atoms with Gasteiger partial charge in [0.05, 0.1) is 5.69 Å². The zero-order chi connectivity index (χ0) is 8.55. The van der Waals surface area contributed by atoms with Gasteiger partial charge in [-0.05, 0) is 12.1 Å². The van der Waals surface area contributed by atoms with E-state index in [1.54, 1.807) is 12.1 Å². The molecule has 3 N–H and O–H groups in total. The number of anilines is 2. The van der Waals surface area contributed by atoms with Gasteiger partial charge in [0, 0.05) is 11.3 Å². The summed E-state index contributed by atoms with van der Waals surface area (Å²) in [6.45, 7) is 0.321. The molecule has 4 nitrogen and oxygen atoms in total. The average molecular weight is 164 g/mol. The van der Waals surface area contributed by atoms with Gasteiger partial charge in [0.25, 0.3) is 0 Å². The lowest BCUT2D eigenvalue weighted by Gasteiger charge is -2.17. The molecule has 0 unspecified atom stereocenters. The lowest BCUT2D eigenvalue weighted by atomic mass is 10.1. The first-order chi connectivity index (χ1) is 5.75. The molecule has 62 valence electrons. The number of hydrogen-bond acceptors (Lipinski definition) is 3. The zero-order valence-corrected chi connectivity index (χ0v) is 6.33. The molecule has 0 aliphatic carbocycles. The van der Waals surface area contributed by atoms with Crippen molar-refractivity contribution in [2.45, 2.75) is 6.61 Å². The molecule has 0 bridgehead atoms. The van der Waals surface area contributed by atoms with Gasteiger partial charge in [-0.25, -0.2) is 4.79 Å². The monoisotopic (exact) mass is 164 g/mol. The number of rotatable bonds is 0. The van der Waals surface area contributed by atoms with Gasteiger partial charge in [0.15, 0.2) is 0 Å². The highest BCUT2D eigenvalue weighted by Crippen LogP contribution is 2.23. The normalized spacial score (nSPS) is 14.5. The number of carbonyl (C=O) groups excluding carboxylic acids is 1. The van der Waals surface area contributed by atoms with Gasteiger partial charge in [-0.3, -0.25) is 5.32 Å². The fourth-order valence-electron chi connectivity index (χ4n) is 1.13. The van der Waals surface area contributed by atoms with E-state index in [4.69, 9.17) is 10.5 Å². The predicted molar refractivity (Wildman–Crippen MR) is 44.7 cm³/mol. The molecular weight excluding hydrogens is 156 g/mol. The second-order valence-corrected chi connectivity index (χ2v) is 2.62. The van der Waals surface area contributed by atoms with Gasteiger partial charge in [-0.1, -0.05) is 6.07 Å². The van der Waals surface area contributed by atoms with Gasteiger partial charge in [0.1, 0.15) is 6.61 Å².